The van der Waals surface area contributed by atoms with E-state index in [9.17, 15) is 9.18 Å². The number of carbonyl (C=O) groups excluding carboxylic acids is 1. The number of halogens is 2. The highest BCUT2D eigenvalue weighted by atomic mass is 35.5. The van der Waals surface area contributed by atoms with Crippen LogP contribution in [-0.4, -0.2) is 12.0 Å². The van der Waals surface area contributed by atoms with Gasteiger partial charge in [0.05, 0.1) is 10.6 Å². The molecule has 2 aromatic carbocycles. The molecule has 0 aliphatic carbocycles. The van der Waals surface area contributed by atoms with Gasteiger partial charge in [-0.2, -0.15) is 0 Å². The number of hydrogen-bond donors (Lipinski definition) is 0. The van der Waals surface area contributed by atoms with Gasteiger partial charge in [0.15, 0.2) is 5.78 Å². The van der Waals surface area contributed by atoms with Crippen LogP contribution in [0.5, 0.6) is 0 Å². The molecule has 0 fully saturated rings. The highest BCUT2D eigenvalue weighted by Crippen LogP contribution is 2.23. The maximum atomic E-state index is 13.6. The Kier molecular flexibility index (Phi) is 4.04. The van der Waals surface area contributed by atoms with Crippen LogP contribution in [0.2, 0.25) is 5.02 Å². The van der Waals surface area contributed by atoms with Crippen molar-refractivity contribution >= 4 is 29.1 Å². The van der Waals surface area contributed by atoms with Crippen molar-refractivity contribution in [3.8, 4) is 0 Å². The van der Waals surface area contributed by atoms with Gasteiger partial charge in [-0.05, 0) is 42.7 Å². The van der Waals surface area contributed by atoms with E-state index in [2.05, 4.69) is 0 Å². The molecule has 1 nitrogen and oxygen atoms in total. The third-order valence-corrected chi connectivity index (χ3v) is 3.60. The molecule has 0 bridgehead atoms. The first kappa shape index (κ1) is 13.1. The van der Waals surface area contributed by atoms with E-state index in [1.54, 1.807) is 23.9 Å². The summed E-state index contributed by atoms with van der Waals surface area (Å²) in [4.78, 5) is 13.2. The molecule has 92 valence electrons. The molecule has 2 aromatic rings. The van der Waals surface area contributed by atoms with Gasteiger partial charge in [0.1, 0.15) is 5.82 Å². The molecule has 2 rings (SSSR count). The molecule has 0 N–H and O–H groups in total. The highest BCUT2D eigenvalue weighted by molar-refractivity contribution is 7.98. The van der Waals surface area contributed by atoms with Gasteiger partial charge in [0.25, 0.3) is 0 Å². The van der Waals surface area contributed by atoms with Gasteiger partial charge >= 0.3 is 0 Å². The fourth-order valence-electron chi connectivity index (χ4n) is 1.60. The molecule has 18 heavy (non-hydrogen) atoms. The van der Waals surface area contributed by atoms with E-state index in [1.807, 2.05) is 18.4 Å². The van der Waals surface area contributed by atoms with E-state index in [-0.39, 0.29) is 10.6 Å². The molecule has 0 heterocycles. The molecule has 0 saturated heterocycles. The Hall–Kier alpha value is -1.32. The summed E-state index contributed by atoms with van der Waals surface area (Å²) < 4.78 is 13.6. The first-order valence-electron chi connectivity index (χ1n) is 5.26. The van der Waals surface area contributed by atoms with Crippen molar-refractivity contribution in [2.24, 2.45) is 0 Å². The van der Waals surface area contributed by atoms with E-state index < -0.39 is 11.6 Å². The van der Waals surface area contributed by atoms with Crippen molar-refractivity contribution in [1.29, 1.82) is 0 Å². The Labute approximate surface area is 114 Å². The average molecular weight is 281 g/mol. The molecule has 0 aliphatic rings. The van der Waals surface area contributed by atoms with Crippen LogP contribution in [0.15, 0.2) is 47.4 Å². The molecular weight excluding hydrogens is 271 g/mol. The second-order valence-electron chi connectivity index (χ2n) is 3.65. The minimum absolute atomic E-state index is 0.0731. The van der Waals surface area contributed by atoms with Gasteiger partial charge in [-0.1, -0.05) is 17.7 Å². The van der Waals surface area contributed by atoms with Crippen LogP contribution in [0, 0.1) is 5.82 Å². The maximum Gasteiger partial charge on any atom is 0.197 e. The zero-order valence-corrected chi connectivity index (χ0v) is 11.2. The minimum Gasteiger partial charge on any atom is -0.288 e. The van der Waals surface area contributed by atoms with Crippen LogP contribution in [0.3, 0.4) is 0 Å². The first-order valence-corrected chi connectivity index (χ1v) is 6.86. The lowest BCUT2D eigenvalue weighted by atomic mass is 10.0. The Morgan fingerprint density at radius 1 is 1.17 bits per heavy atom. The molecule has 0 spiro atoms. The van der Waals surface area contributed by atoms with E-state index >= 15 is 0 Å². The van der Waals surface area contributed by atoms with Crippen LogP contribution in [-0.2, 0) is 0 Å². The van der Waals surface area contributed by atoms with Gasteiger partial charge < -0.3 is 0 Å². The van der Waals surface area contributed by atoms with Crippen molar-refractivity contribution in [1.82, 2.24) is 0 Å². The van der Waals surface area contributed by atoms with Crippen LogP contribution in [0.1, 0.15) is 15.9 Å². The van der Waals surface area contributed by atoms with E-state index in [0.29, 0.717) is 5.56 Å². The van der Waals surface area contributed by atoms with E-state index in [1.165, 1.54) is 18.2 Å². The lowest BCUT2D eigenvalue weighted by Gasteiger charge is -2.05. The van der Waals surface area contributed by atoms with Crippen LogP contribution in [0.25, 0.3) is 0 Å². The number of hydrogen-bond acceptors (Lipinski definition) is 2. The second kappa shape index (κ2) is 5.55. The van der Waals surface area contributed by atoms with Crippen LogP contribution < -0.4 is 0 Å². The van der Waals surface area contributed by atoms with Crippen molar-refractivity contribution in [3.05, 3.63) is 64.4 Å². The van der Waals surface area contributed by atoms with Crippen molar-refractivity contribution in [3.63, 3.8) is 0 Å². The molecule has 0 radical (unpaired) electrons. The highest BCUT2D eigenvalue weighted by Gasteiger charge is 2.17. The number of carbonyl (C=O) groups is 1. The summed E-state index contributed by atoms with van der Waals surface area (Å²) in [5.41, 5.74) is 0.357. The van der Waals surface area contributed by atoms with Gasteiger partial charge in [0, 0.05) is 10.5 Å². The van der Waals surface area contributed by atoms with E-state index in [0.717, 1.165) is 4.90 Å². The summed E-state index contributed by atoms with van der Waals surface area (Å²) in [6, 6.07) is 11.2. The summed E-state index contributed by atoms with van der Waals surface area (Å²) in [6.07, 6.45) is 1.95. The lowest BCUT2D eigenvalue weighted by Crippen LogP contribution is -2.05. The largest absolute Gasteiger partial charge is 0.288 e. The molecule has 0 atom stereocenters. The summed E-state index contributed by atoms with van der Waals surface area (Å²) in [5, 5.41) is 0.133. The Morgan fingerprint density at radius 3 is 2.39 bits per heavy atom. The monoisotopic (exact) mass is 280 g/mol. The number of thioether (sulfide) groups is 1. The summed E-state index contributed by atoms with van der Waals surface area (Å²) in [5.74, 6) is -0.993. The van der Waals surface area contributed by atoms with Gasteiger partial charge in [0.2, 0.25) is 0 Å². The van der Waals surface area contributed by atoms with Gasteiger partial charge in [-0.15, -0.1) is 11.8 Å². The Bertz CT molecular complexity index is 561. The molecule has 4 heteroatoms. The third-order valence-electron chi connectivity index (χ3n) is 2.54. The first-order chi connectivity index (χ1) is 8.63. The predicted molar refractivity (Wildman–Crippen MR) is 73.1 cm³/mol. The average Bonchev–Trinajstić information content (AvgIpc) is 2.38. The fraction of sp³-hybridized carbons (Fsp3) is 0.0714. The third kappa shape index (κ3) is 2.57. The summed E-state index contributed by atoms with van der Waals surface area (Å²) in [7, 11) is 0. The Morgan fingerprint density at radius 2 is 1.83 bits per heavy atom. The second-order valence-corrected chi connectivity index (χ2v) is 4.94. The molecular formula is C14H10ClFOS. The maximum absolute atomic E-state index is 13.6. The standard InChI is InChI=1S/C14H10ClFOS/c1-18-10-7-5-9(6-8-10)14(17)13-11(15)3-2-4-12(13)16/h2-8H,1H3. The fourth-order valence-corrected chi connectivity index (χ4v) is 2.26. The Balaban J connectivity index is 2.41. The molecule has 0 saturated carbocycles. The SMILES string of the molecule is CSc1ccc(C(=O)c2c(F)cccc2Cl)cc1. The smallest absolute Gasteiger partial charge is 0.197 e. The molecule has 0 amide bonds. The molecule has 0 unspecified atom stereocenters. The van der Waals surface area contributed by atoms with Crippen LogP contribution >= 0.6 is 23.4 Å². The minimum atomic E-state index is -0.596. The molecule has 0 aliphatic heterocycles. The van der Waals surface area contributed by atoms with Crippen LogP contribution in [0.4, 0.5) is 4.39 Å². The van der Waals surface area contributed by atoms with E-state index in [4.69, 9.17) is 11.6 Å². The topological polar surface area (TPSA) is 17.1 Å². The van der Waals surface area contributed by atoms with Crippen molar-refractivity contribution < 1.29 is 9.18 Å². The summed E-state index contributed by atoms with van der Waals surface area (Å²) in [6.45, 7) is 0. The van der Waals surface area contributed by atoms with Gasteiger partial charge in [-0.25, -0.2) is 4.39 Å². The zero-order chi connectivity index (χ0) is 13.1. The zero-order valence-electron chi connectivity index (χ0n) is 9.61. The van der Waals surface area contributed by atoms with Crippen molar-refractivity contribution in [2.75, 3.05) is 6.26 Å². The molecule has 0 aromatic heterocycles. The van der Waals surface area contributed by atoms with Crippen molar-refractivity contribution in [2.45, 2.75) is 4.90 Å². The van der Waals surface area contributed by atoms with Gasteiger partial charge in [-0.3, -0.25) is 4.79 Å². The number of benzene rings is 2. The quantitative estimate of drug-likeness (QED) is 0.611. The summed E-state index contributed by atoms with van der Waals surface area (Å²) >= 11 is 7.45. The lowest BCUT2D eigenvalue weighted by molar-refractivity contribution is 0.103. The normalized spacial score (nSPS) is 10.4. The number of ketones is 1. The predicted octanol–water partition coefficient (Wildman–Crippen LogP) is 4.43. The number of rotatable bonds is 3.